The van der Waals surface area contributed by atoms with Gasteiger partial charge in [0.1, 0.15) is 6.04 Å². The van der Waals surface area contributed by atoms with Crippen molar-refractivity contribution in [1.82, 2.24) is 10.2 Å². The molecule has 3 N–H and O–H groups in total. The summed E-state index contributed by atoms with van der Waals surface area (Å²) in [6.45, 7) is 4.87. The van der Waals surface area contributed by atoms with Crippen LogP contribution in [0.25, 0.3) is 0 Å². The summed E-state index contributed by atoms with van der Waals surface area (Å²) in [5.41, 5.74) is 7.50. The second-order valence-electron chi connectivity index (χ2n) is 5.58. The molecule has 1 aromatic rings. The predicted octanol–water partition coefficient (Wildman–Crippen LogP) is 1.61. The van der Waals surface area contributed by atoms with E-state index in [2.05, 4.69) is 5.32 Å². The van der Waals surface area contributed by atoms with Gasteiger partial charge in [-0.1, -0.05) is 38.1 Å². The van der Waals surface area contributed by atoms with Crippen LogP contribution in [0.1, 0.15) is 31.4 Å². The van der Waals surface area contributed by atoms with E-state index < -0.39 is 0 Å². The average molecular weight is 275 g/mol. The Bertz CT molecular complexity index is 496. The van der Waals surface area contributed by atoms with Crippen LogP contribution in [0, 0.1) is 5.92 Å². The minimum atomic E-state index is -0.384. The first-order valence-corrected chi connectivity index (χ1v) is 6.91. The molecule has 0 saturated carbocycles. The molecule has 108 valence electrons. The summed E-state index contributed by atoms with van der Waals surface area (Å²) >= 11 is 0. The third-order valence-corrected chi connectivity index (χ3v) is 3.41. The SMILES string of the molecule is CC(C)CC1NC(=O)N(Cc2ccc(CN)cc2)C1=O. The van der Waals surface area contributed by atoms with Crippen LogP contribution in [-0.2, 0) is 17.9 Å². The van der Waals surface area contributed by atoms with E-state index in [1.165, 1.54) is 4.90 Å². The van der Waals surface area contributed by atoms with E-state index in [0.717, 1.165) is 11.1 Å². The van der Waals surface area contributed by atoms with Gasteiger partial charge in [0.25, 0.3) is 5.91 Å². The van der Waals surface area contributed by atoms with E-state index in [4.69, 9.17) is 5.73 Å². The highest BCUT2D eigenvalue weighted by Crippen LogP contribution is 2.17. The van der Waals surface area contributed by atoms with Crippen LogP contribution in [0.2, 0.25) is 0 Å². The van der Waals surface area contributed by atoms with Crippen LogP contribution in [-0.4, -0.2) is 22.9 Å². The largest absolute Gasteiger partial charge is 0.326 e. The number of urea groups is 1. The summed E-state index contributed by atoms with van der Waals surface area (Å²) in [5, 5.41) is 2.75. The number of carbonyl (C=O) groups is 2. The monoisotopic (exact) mass is 275 g/mol. The molecule has 0 bridgehead atoms. The molecule has 1 atom stereocenters. The molecule has 1 aliphatic heterocycles. The first kappa shape index (κ1) is 14.5. The molecule has 0 aromatic heterocycles. The van der Waals surface area contributed by atoms with Crippen molar-refractivity contribution in [2.75, 3.05) is 0 Å². The second-order valence-corrected chi connectivity index (χ2v) is 5.58. The molecule has 0 spiro atoms. The predicted molar refractivity (Wildman–Crippen MR) is 76.7 cm³/mol. The van der Waals surface area contributed by atoms with Crippen molar-refractivity contribution in [2.45, 2.75) is 39.4 Å². The lowest BCUT2D eigenvalue weighted by Crippen LogP contribution is -2.31. The summed E-state index contributed by atoms with van der Waals surface area (Å²) in [5.74, 6) is 0.236. The Hall–Kier alpha value is -1.88. The maximum atomic E-state index is 12.2. The molecule has 5 heteroatoms. The van der Waals surface area contributed by atoms with E-state index in [1.54, 1.807) is 0 Å². The molecule has 1 unspecified atom stereocenters. The first-order valence-electron chi connectivity index (χ1n) is 6.91. The fourth-order valence-electron chi connectivity index (χ4n) is 2.32. The third-order valence-electron chi connectivity index (χ3n) is 3.41. The number of carbonyl (C=O) groups excluding carboxylic acids is 2. The average Bonchev–Trinajstić information content (AvgIpc) is 2.66. The Morgan fingerprint density at radius 2 is 1.80 bits per heavy atom. The summed E-state index contributed by atoms with van der Waals surface area (Å²) in [6.07, 6.45) is 0.674. The highest BCUT2D eigenvalue weighted by Gasteiger charge is 2.37. The number of hydrogen-bond donors (Lipinski definition) is 2. The Labute approximate surface area is 119 Å². The van der Waals surface area contributed by atoms with E-state index in [0.29, 0.717) is 25.4 Å². The molecule has 0 radical (unpaired) electrons. The highest BCUT2D eigenvalue weighted by atomic mass is 16.2. The zero-order valence-corrected chi connectivity index (χ0v) is 11.9. The van der Waals surface area contributed by atoms with Crippen molar-refractivity contribution in [2.24, 2.45) is 11.7 Å². The Morgan fingerprint density at radius 1 is 1.20 bits per heavy atom. The van der Waals surface area contributed by atoms with Gasteiger partial charge in [-0.3, -0.25) is 9.69 Å². The second kappa shape index (κ2) is 6.05. The van der Waals surface area contributed by atoms with Gasteiger partial charge in [-0.25, -0.2) is 4.79 Å². The van der Waals surface area contributed by atoms with Crippen LogP contribution >= 0.6 is 0 Å². The van der Waals surface area contributed by atoms with Crippen LogP contribution in [0.15, 0.2) is 24.3 Å². The van der Waals surface area contributed by atoms with Gasteiger partial charge in [-0.15, -0.1) is 0 Å². The number of amides is 3. The first-order chi connectivity index (χ1) is 9.51. The number of imide groups is 1. The van der Waals surface area contributed by atoms with E-state index in [-0.39, 0.29) is 18.0 Å². The molecule has 1 heterocycles. The summed E-state index contributed by atoms with van der Waals surface area (Å²) in [7, 11) is 0. The number of nitrogens with zero attached hydrogens (tertiary/aromatic N) is 1. The van der Waals surface area contributed by atoms with Gasteiger partial charge in [-0.05, 0) is 23.5 Å². The molecule has 2 rings (SSSR count). The maximum absolute atomic E-state index is 12.2. The smallest absolute Gasteiger partial charge is 0.325 e. The molecule has 3 amide bonds. The lowest BCUT2D eigenvalue weighted by molar-refractivity contribution is -0.128. The van der Waals surface area contributed by atoms with Gasteiger partial charge in [-0.2, -0.15) is 0 Å². The Morgan fingerprint density at radius 3 is 2.35 bits per heavy atom. The lowest BCUT2D eigenvalue weighted by Gasteiger charge is -2.14. The van der Waals surface area contributed by atoms with Crippen molar-refractivity contribution < 1.29 is 9.59 Å². The van der Waals surface area contributed by atoms with Gasteiger partial charge >= 0.3 is 6.03 Å². The minimum Gasteiger partial charge on any atom is -0.326 e. The summed E-state index contributed by atoms with van der Waals surface area (Å²) < 4.78 is 0. The van der Waals surface area contributed by atoms with Gasteiger partial charge in [0.05, 0.1) is 6.54 Å². The van der Waals surface area contributed by atoms with Crippen LogP contribution < -0.4 is 11.1 Å². The number of rotatable bonds is 5. The summed E-state index contributed by atoms with van der Waals surface area (Å²) in [4.78, 5) is 25.4. The van der Waals surface area contributed by atoms with E-state index in [1.807, 2.05) is 38.1 Å². The maximum Gasteiger partial charge on any atom is 0.325 e. The Kier molecular flexibility index (Phi) is 4.39. The normalized spacial score (nSPS) is 18.8. The molecular formula is C15H21N3O2. The summed E-state index contributed by atoms with van der Waals surface area (Å²) in [6, 6.07) is 6.95. The topological polar surface area (TPSA) is 75.4 Å². The van der Waals surface area contributed by atoms with Crippen LogP contribution in [0.3, 0.4) is 0 Å². The minimum absolute atomic E-state index is 0.133. The van der Waals surface area contributed by atoms with Crippen molar-refractivity contribution in [3.8, 4) is 0 Å². The van der Waals surface area contributed by atoms with Crippen molar-refractivity contribution >= 4 is 11.9 Å². The van der Waals surface area contributed by atoms with Gasteiger partial charge in [0.2, 0.25) is 0 Å². The van der Waals surface area contributed by atoms with Crippen LogP contribution in [0.5, 0.6) is 0 Å². The highest BCUT2D eigenvalue weighted by molar-refractivity contribution is 6.04. The number of hydrogen-bond acceptors (Lipinski definition) is 3. The molecule has 1 saturated heterocycles. The third kappa shape index (κ3) is 3.17. The van der Waals surface area contributed by atoms with E-state index >= 15 is 0 Å². The fourth-order valence-corrected chi connectivity index (χ4v) is 2.32. The molecule has 1 aromatic carbocycles. The quantitative estimate of drug-likeness (QED) is 0.802. The molecule has 20 heavy (non-hydrogen) atoms. The molecular weight excluding hydrogens is 254 g/mol. The molecule has 0 aliphatic carbocycles. The lowest BCUT2D eigenvalue weighted by atomic mass is 10.0. The standard InChI is InChI=1S/C15H21N3O2/c1-10(2)7-13-14(19)18(15(20)17-13)9-12-5-3-11(8-16)4-6-12/h3-6,10,13H,7-9,16H2,1-2H3,(H,17,20). The number of nitrogens with two attached hydrogens (primary N) is 1. The van der Waals surface area contributed by atoms with Crippen molar-refractivity contribution in [3.05, 3.63) is 35.4 Å². The molecule has 1 aliphatic rings. The fraction of sp³-hybridized carbons (Fsp3) is 0.467. The van der Waals surface area contributed by atoms with Gasteiger partial charge in [0.15, 0.2) is 0 Å². The van der Waals surface area contributed by atoms with Crippen LogP contribution in [0.4, 0.5) is 4.79 Å². The van der Waals surface area contributed by atoms with Crippen molar-refractivity contribution in [1.29, 1.82) is 0 Å². The molecule has 1 fully saturated rings. The zero-order valence-electron chi connectivity index (χ0n) is 11.9. The Balaban J connectivity index is 2.04. The zero-order chi connectivity index (χ0) is 14.7. The van der Waals surface area contributed by atoms with Gasteiger partial charge < -0.3 is 11.1 Å². The van der Waals surface area contributed by atoms with Gasteiger partial charge in [0, 0.05) is 6.54 Å². The van der Waals surface area contributed by atoms with E-state index in [9.17, 15) is 9.59 Å². The molecule has 5 nitrogen and oxygen atoms in total. The van der Waals surface area contributed by atoms with Crippen molar-refractivity contribution in [3.63, 3.8) is 0 Å². The number of nitrogens with one attached hydrogen (secondary N) is 1. The number of benzene rings is 1.